The molecule has 1 fully saturated rings. The Morgan fingerprint density at radius 1 is 0.957 bits per heavy atom. The lowest BCUT2D eigenvalue weighted by atomic mass is 9.94. The number of halogens is 3. The van der Waals surface area contributed by atoms with Gasteiger partial charge in [-0.2, -0.15) is 13.2 Å². The summed E-state index contributed by atoms with van der Waals surface area (Å²) in [5.41, 5.74) is 2.73. The molecule has 9 nitrogen and oxygen atoms in total. The predicted molar refractivity (Wildman–Crippen MR) is 173 cm³/mol. The first-order chi connectivity index (χ1) is 22.5. The van der Waals surface area contributed by atoms with Crippen LogP contribution in [0.3, 0.4) is 0 Å². The third-order valence-electron chi connectivity index (χ3n) is 9.08. The van der Waals surface area contributed by atoms with Crippen molar-refractivity contribution in [1.29, 1.82) is 0 Å². The largest absolute Gasteiger partial charge is 0.416 e. The summed E-state index contributed by atoms with van der Waals surface area (Å²) >= 11 is 0. The molecule has 2 aliphatic rings. The SMILES string of the molecule is Cc1ccc(NC(=O)c2cc3c(c(C(F)(F)F)c2)C(N2CCC(N(C)C)CC2)CC3)cc1NC(=O)c1nccc(-c2cccnc2)n1. The number of nitrogens with one attached hydrogen (secondary N) is 2. The summed E-state index contributed by atoms with van der Waals surface area (Å²) in [5, 5.41) is 5.50. The minimum atomic E-state index is -4.61. The highest BCUT2D eigenvalue weighted by Gasteiger charge is 2.42. The van der Waals surface area contributed by atoms with Crippen molar-refractivity contribution in [3.8, 4) is 11.3 Å². The highest BCUT2D eigenvalue weighted by atomic mass is 19.4. The Hall–Kier alpha value is -4.68. The first kappa shape index (κ1) is 32.3. The van der Waals surface area contributed by atoms with E-state index in [1.807, 2.05) is 20.2 Å². The van der Waals surface area contributed by atoms with Gasteiger partial charge in [-0.3, -0.25) is 19.5 Å². The maximum absolute atomic E-state index is 14.5. The Balaban J connectivity index is 1.20. The van der Waals surface area contributed by atoms with E-state index in [9.17, 15) is 22.8 Å². The minimum Gasteiger partial charge on any atom is -0.322 e. The van der Waals surface area contributed by atoms with Crippen molar-refractivity contribution in [2.75, 3.05) is 37.8 Å². The predicted octanol–water partition coefficient (Wildman–Crippen LogP) is 6.38. The molecule has 244 valence electrons. The van der Waals surface area contributed by atoms with Crippen molar-refractivity contribution in [1.82, 2.24) is 24.8 Å². The molecular formula is C35H36F3N7O2. The number of hydrogen-bond acceptors (Lipinski definition) is 7. The summed E-state index contributed by atoms with van der Waals surface area (Å²) in [6.07, 6.45) is 3.02. The van der Waals surface area contributed by atoms with Crippen LogP contribution in [0.1, 0.15) is 68.5 Å². The summed E-state index contributed by atoms with van der Waals surface area (Å²) in [6.45, 7) is 3.26. The number of pyridine rings is 1. The Bertz CT molecular complexity index is 1790. The number of piperidine rings is 1. The van der Waals surface area contributed by atoms with Gasteiger partial charge < -0.3 is 15.5 Å². The lowest BCUT2D eigenvalue weighted by Crippen LogP contribution is -2.43. The van der Waals surface area contributed by atoms with Crippen LogP contribution in [-0.4, -0.2) is 69.8 Å². The van der Waals surface area contributed by atoms with Crippen LogP contribution < -0.4 is 10.6 Å². The molecule has 47 heavy (non-hydrogen) atoms. The van der Waals surface area contributed by atoms with Crippen LogP contribution in [-0.2, 0) is 12.6 Å². The average Bonchev–Trinajstić information content (AvgIpc) is 3.50. The van der Waals surface area contributed by atoms with E-state index in [0.29, 0.717) is 52.6 Å². The third-order valence-corrected chi connectivity index (χ3v) is 9.08. The molecule has 6 rings (SSSR count). The maximum atomic E-state index is 14.5. The van der Waals surface area contributed by atoms with Gasteiger partial charge in [-0.25, -0.2) is 9.97 Å². The topological polar surface area (TPSA) is 103 Å². The van der Waals surface area contributed by atoms with E-state index in [1.54, 1.807) is 55.7 Å². The lowest BCUT2D eigenvalue weighted by Gasteiger charge is -2.39. The molecule has 3 heterocycles. The molecule has 1 saturated heterocycles. The Kier molecular flexibility index (Phi) is 9.07. The molecule has 2 amide bonds. The molecular weight excluding hydrogens is 607 g/mol. The number of hydrogen-bond donors (Lipinski definition) is 2. The summed E-state index contributed by atoms with van der Waals surface area (Å²) in [5.74, 6) is -1.28. The molecule has 2 aromatic carbocycles. The van der Waals surface area contributed by atoms with Crippen LogP contribution in [0.4, 0.5) is 24.5 Å². The fourth-order valence-corrected chi connectivity index (χ4v) is 6.55. The zero-order valence-electron chi connectivity index (χ0n) is 26.4. The molecule has 4 aromatic rings. The number of fused-ring (bicyclic) bond motifs is 1. The molecule has 0 radical (unpaired) electrons. The zero-order chi connectivity index (χ0) is 33.3. The maximum Gasteiger partial charge on any atom is 0.416 e. The number of carbonyl (C=O) groups excluding carboxylic acids is 2. The molecule has 2 N–H and O–H groups in total. The molecule has 12 heteroatoms. The van der Waals surface area contributed by atoms with Crippen molar-refractivity contribution in [2.24, 2.45) is 0 Å². The van der Waals surface area contributed by atoms with Crippen molar-refractivity contribution in [3.05, 3.63) is 101 Å². The number of anilines is 2. The quantitative estimate of drug-likeness (QED) is 0.241. The first-order valence-corrected chi connectivity index (χ1v) is 15.6. The molecule has 0 bridgehead atoms. The van der Waals surface area contributed by atoms with Crippen molar-refractivity contribution in [2.45, 2.75) is 50.9 Å². The van der Waals surface area contributed by atoms with E-state index < -0.39 is 23.6 Å². The number of aromatic nitrogens is 3. The summed E-state index contributed by atoms with van der Waals surface area (Å²) in [7, 11) is 4.07. The number of nitrogens with zero attached hydrogens (tertiary/aromatic N) is 5. The van der Waals surface area contributed by atoms with Crippen LogP contribution in [0.5, 0.6) is 0 Å². The van der Waals surface area contributed by atoms with E-state index in [2.05, 4.69) is 35.4 Å². The number of rotatable bonds is 7. The Labute approximate surface area is 271 Å². The van der Waals surface area contributed by atoms with Gasteiger partial charge in [-0.05, 0) is 106 Å². The number of carbonyl (C=O) groups is 2. The average molecular weight is 644 g/mol. The van der Waals surface area contributed by atoms with Crippen LogP contribution in [0.15, 0.2) is 67.1 Å². The van der Waals surface area contributed by atoms with Crippen molar-refractivity contribution >= 4 is 23.2 Å². The van der Waals surface area contributed by atoms with Gasteiger partial charge in [0.25, 0.3) is 11.8 Å². The van der Waals surface area contributed by atoms with E-state index in [4.69, 9.17) is 0 Å². The second-order valence-corrected chi connectivity index (χ2v) is 12.3. The highest BCUT2D eigenvalue weighted by molar-refractivity contribution is 6.06. The van der Waals surface area contributed by atoms with Gasteiger partial charge in [0.05, 0.1) is 11.3 Å². The molecule has 0 spiro atoms. The number of likely N-dealkylation sites (tertiary alicyclic amines) is 1. The van der Waals surface area contributed by atoms with Gasteiger partial charge in [-0.15, -0.1) is 0 Å². The van der Waals surface area contributed by atoms with Gasteiger partial charge in [0.1, 0.15) is 0 Å². The number of amides is 2. The monoisotopic (exact) mass is 643 g/mol. The molecule has 1 aliphatic heterocycles. The van der Waals surface area contributed by atoms with Crippen LogP contribution in [0.25, 0.3) is 11.3 Å². The Morgan fingerprint density at radius 3 is 2.45 bits per heavy atom. The van der Waals surface area contributed by atoms with Crippen LogP contribution in [0, 0.1) is 6.92 Å². The normalized spacial score (nSPS) is 17.0. The summed E-state index contributed by atoms with van der Waals surface area (Å²) in [6, 6.07) is 12.8. The Morgan fingerprint density at radius 2 is 1.74 bits per heavy atom. The van der Waals surface area contributed by atoms with E-state index >= 15 is 0 Å². The van der Waals surface area contributed by atoms with Gasteiger partial charge in [-0.1, -0.05) is 6.07 Å². The molecule has 2 aromatic heterocycles. The second-order valence-electron chi connectivity index (χ2n) is 12.3. The number of aryl methyl sites for hydroxylation is 2. The van der Waals surface area contributed by atoms with E-state index in [-0.39, 0.29) is 17.4 Å². The van der Waals surface area contributed by atoms with Gasteiger partial charge in [0.15, 0.2) is 0 Å². The third kappa shape index (κ3) is 7.03. The number of benzene rings is 2. The number of alkyl halides is 3. The first-order valence-electron chi connectivity index (χ1n) is 15.6. The van der Waals surface area contributed by atoms with E-state index in [1.165, 1.54) is 6.20 Å². The standard InChI is InChI=1S/C35H36F3N7O2/c1-21-6-8-25(19-29(21)43-34(47)32-40-14-10-28(42-32)23-5-4-13-39-20-23)41-33(46)24-17-22-7-9-30(31(22)27(18-24)35(36,37)38)45-15-11-26(12-16-45)44(2)3/h4-6,8,10,13-14,17-20,26,30H,7,9,11-12,15-16H2,1-3H3,(H,41,46)(H,43,47). The van der Waals surface area contributed by atoms with Gasteiger partial charge in [0, 0.05) is 66.3 Å². The van der Waals surface area contributed by atoms with Gasteiger partial charge >= 0.3 is 6.18 Å². The molecule has 1 aliphatic carbocycles. The van der Waals surface area contributed by atoms with Crippen molar-refractivity contribution < 1.29 is 22.8 Å². The summed E-state index contributed by atoms with van der Waals surface area (Å²) < 4.78 is 43.5. The van der Waals surface area contributed by atoms with Gasteiger partial charge in [0.2, 0.25) is 5.82 Å². The zero-order valence-corrected chi connectivity index (χ0v) is 26.4. The fraction of sp³-hybridized carbons (Fsp3) is 0.343. The second kappa shape index (κ2) is 13.2. The molecule has 1 atom stereocenters. The van der Waals surface area contributed by atoms with Crippen LogP contribution >= 0.6 is 0 Å². The fourth-order valence-electron chi connectivity index (χ4n) is 6.55. The highest BCUT2D eigenvalue weighted by Crippen LogP contribution is 2.45. The summed E-state index contributed by atoms with van der Waals surface area (Å²) in [4.78, 5) is 43.3. The minimum absolute atomic E-state index is 0.0570. The van der Waals surface area contributed by atoms with Crippen LogP contribution in [0.2, 0.25) is 0 Å². The molecule has 0 saturated carbocycles. The van der Waals surface area contributed by atoms with E-state index in [0.717, 1.165) is 37.6 Å². The van der Waals surface area contributed by atoms with Crippen molar-refractivity contribution in [3.63, 3.8) is 0 Å². The smallest absolute Gasteiger partial charge is 0.322 e. The lowest BCUT2D eigenvalue weighted by molar-refractivity contribution is -0.138. The molecule has 1 unspecified atom stereocenters.